The summed E-state index contributed by atoms with van der Waals surface area (Å²) in [5.74, 6) is -2.58. The molecule has 0 radical (unpaired) electrons. The zero-order chi connectivity index (χ0) is 19.8. The van der Waals surface area contributed by atoms with Crippen LogP contribution in [0.5, 0.6) is 0 Å². The van der Waals surface area contributed by atoms with E-state index in [1.807, 2.05) is 6.92 Å². The molecule has 2 aromatic carbocycles. The van der Waals surface area contributed by atoms with Crippen LogP contribution >= 0.6 is 11.8 Å². The van der Waals surface area contributed by atoms with E-state index in [4.69, 9.17) is 5.73 Å². The molecule has 0 amide bonds. The van der Waals surface area contributed by atoms with Crippen LogP contribution in [0.4, 0.5) is 22.0 Å². The van der Waals surface area contributed by atoms with Crippen molar-refractivity contribution in [3.63, 3.8) is 0 Å². The molecule has 2 aromatic rings. The molecule has 142 valence electrons. The smallest absolute Gasteiger partial charge is 0.319 e. The average molecular weight is 389 g/mol. The second-order valence-electron chi connectivity index (χ2n) is 6.33. The van der Waals surface area contributed by atoms with E-state index in [1.54, 1.807) is 32.2 Å². The molecule has 0 fully saturated rings. The minimum atomic E-state index is -4.93. The molecule has 0 aliphatic heterocycles. The van der Waals surface area contributed by atoms with Crippen molar-refractivity contribution >= 4 is 11.8 Å². The molecule has 0 heterocycles. The topological polar surface area (TPSA) is 26.0 Å². The van der Waals surface area contributed by atoms with Crippen LogP contribution in [0.1, 0.15) is 27.8 Å². The quantitative estimate of drug-likeness (QED) is 0.531. The first-order chi connectivity index (χ1) is 12.0. The van der Waals surface area contributed by atoms with Crippen molar-refractivity contribution < 1.29 is 22.0 Å². The number of hydrogen-bond acceptors (Lipinski definition) is 2. The lowest BCUT2D eigenvalue weighted by molar-refractivity contribution is -0.140. The molecule has 2 N–H and O–H groups in total. The SMILES string of the molecule is CSC(N)Cc1c(F)c(-c2c(C)cc(C)cc2C)cc(C(F)(F)F)c1F. The Bertz CT molecular complexity index is 807. The van der Waals surface area contributed by atoms with Gasteiger partial charge in [0.25, 0.3) is 0 Å². The summed E-state index contributed by atoms with van der Waals surface area (Å²) in [7, 11) is 0. The van der Waals surface area contributed by atoms with Gasteiger partial charge in [0, 0.05) is 17.5 Å². The third kappa shape index (κ3) is 4.04. The minimum absolute atomic E-state index is 0.253. The second kappa shape index (κ2) is 7.56. The molecule has 0 spiro atoms. The first-order valence-corrected chi connectivity index (χ1v) is 9.20. The number of halogens is 5. The molecule has 0 bridgehead atoms. The fourth-order valence-electron chi connectivity index (χ4n) is 3.15. The van der Waals surface area contributed by atoms with Gasteiger partial charge in [0.1, 0.15) is 11.6 Å². The molecule has 0 saturated carbocycles. The molecular weight excluding hydrogens is 369 g/mol. The van der Waals surface area contributed by atoms with Gasteiger partial charge in [-0.15, -0.1) is 11.8 Å². The number of hydrogen-bond donors (Lipinski definition) is 1. The molecule has 1 atom stereocenters. The highest BCUT2D eigenvalue weighted by atomic mass is 32.2. The van der Waals surface area contributed by atoms with Crippen LogP contribution in [0.15, 0.2) is 18.2 Å². The van der Waals surface area contributed by atoms with E-state index in [-0.39, 0.29) is 12.0 Å². The number of aryl methyl sites for hydroxylation is 3. The van der Waals surface area contributed by atoms with Crippen LogP contribution in [-0.2, 0) is 12.6 Å². The summed E-state index contributed by atoms with van der Waals surface area (Å²) >= 11 is 1.12. The summed E-state index contributed by atoms with van der Waals surface area (Å²) in [5, 5.41) is -0.712. The summed E-state index contributed by atoms with van der Waals surface area (Å²) in [6.07, 6.45) is -3.64. The zero-order valence-corrected chi connectivity index (χ0v) is 15.7. The lowest BCUT2D eigenvalue weighted by Crippen LogP contribution is -2.21. The Morgan fingerprint density at radius 2 is 1.54 bits per heavy atom. The highest BCUT2D eigenvalue weighted by Gasteiger charge is 2.37. The number of benzene rings is 2. The Kier molecular flexibility index (Phi) is 6.02. The fraction of sp³-hybridized carbons (Fsp3) is 0.368. The Balaban J connectivity index is 2.84. The highest BCUT2D eigenvalue weighted by molar-refractivity contribution is 7.99. The van der Waals surface area contributed by atoms with Crippen molar-refractivity contribution in [3.8, 4) is 11.1 Å². The maximum Gasteiger partial charge on any atom is 0.419 e. The third-order valence-corrected chi connectivity index (χ3v) is 5.02. The van der Waals surface area contributed by atoms with Gasteiger partial charge in [-0.3, -0.25) is 0 Å². The summed E-state index contributed by atoms with van der Waals surface area (Å²) < 4.78 is 69.6. The largest absolute Gasteiger partial charge is 0.419 e. The Hall–Kier alpha value is -1.60. The molecule has 0 saturated heterocycles. The maximum absolute atomic E-state index is 15.1. The first-order valence-electron chi connectivity index (χ1n) is 7.92. The van der Waals surface area contributed by atoms with Crippen LogP contribution in [0.3, 0.4) is 0 Å². The molecule has 1 unspecified atom stereocenters. The third-order valence-electron chi connectivity index (χ3n) is 4.25. The van der Waals surface area contributed by atoms with Crippen molar-refractivity contribution in [1.29, 1.82) is 0 Å². The summed E-state index contributed by atoms with van der Waals surface area (Å²) in [4.78, 5) is 0. The van der Waals surface area contributed by atoms with Gasteiger partial charge >= 0.3 is 6.18 Å². The second-order valence-corrected chi connectivity index (χ2v) is 7.40. The molecule has 1 nitrogen and oxygen atoms in total. The molecule has 2 rings (SSSR count). The van der Waals surface area contributed by atoms with Gasteiger partial charge in [0.15, 0.2) is 0 Å². The van der Waals surface area contributed by atoms with Gasteiger partial charge in [-0.05, 0) is 49.8 Å². The lowest BCUT2D eigenvalue weighted by atomic mass is 9.90. The fourth-order valence-corrected chi connectivity index (χ4v) is 3.48. The summed E-state index contributed by atoms with van der Waals surface area (Å²) in [6, 6.07) is 4.07. The lowest BCUT2D eigenvalue weighted by Gasteiger charge is -2.20. The maximum atomic E-state index is 15.1. The van der Waals surface area contributed by atoms with E-state index in [1.165, 1.54) is 0 Å². The summed E-state index contributed by atoms with van der Waals surface area (Å²) in [5.41, 5.74) is 5.87. The van der Waals surface area contributed by atoms with Crippen LogP contribution in [0.2, 0.25) is 0 Å². The van der Waals surface area contributed by atoms with Gasteiger partial charge in [-0.1, -0.05) is 17.7 Å². The van der Waals surface area contributed by atoms with Crippen molar-refractivity contribution in [2.24, 2.45) is 5.73 Å². The standard InChI is InChI=1S/C19H20F5NS/c1-9-5-10(2)16(11(3)6-9)12-7-14(19(22,23)24)18(21)13(17(12)20)8-15(25)26-4/h5-7,15H,8,25H2,1-4H3. The van der Waals surface area contributed by atoms with Crippen LogP contribution in [0.25, 0.3) is 11.1 Å². The molecule has 0 aliphatic carbocycles. The predicted octanol–water partition coefficient (Wildman–Crippen LogP) is 5.77. The molecule has 26 heavy (non-hydrogen) atoms. The van der Waals surface area contributed by atoms with Gasteiger partial charge in [-0.2, -0.15) is 13.2 Å². The number of thioether (sulfide) groups is 1. The van der Waals surface area contributed by atoms with Gasteiger partial charge in [-0.25, -0.2) is 8.78 Å². The molecule has 0 aliphatic rings. The Labute approximate surface area is 153 Å². The van der Waals surface area contributed by atoms with Crippen molar-refractivity contribution in [3.05, 3.63) is 57.7 Å². The minimum Gasteiger partial charge on any atom is -0.319 e. The van der Waals surface area contributed by atoms with Crippen molar-refractivity contribution in [2.75, 3.05) is 6.26 Å². The normalized spacial score (nSPS) is 13.2. The van der Waals surface area contributed by atoms with Gasteiger partial charge in [0.2, 0.25) is 0 Å². The number of alkyl halides is 3. The molecule has 7 heteroatoms. The van der Waals surface area contributed by atoms with E-state index >= 15 is 4.39 Å². The number of nitrogens with two attached hydrogens (primary N) is 1. The molecular formula is C19H20F5NS. The van der Waals surface area contributed by atoms with E-state index in [9.17, 15) is 17.6 Å². The Morgan fingerprint density at radius 1 is 1.00 bits per heavy atom. The zero-order valence-electron chi connectivity index (χ0n) is 14.9. The number of rotatable bonds is 4. The Morgan fingerprint density at radius 3 is 2.00 bits per heavy atom. The van der Waals surface area contributed by atoms with Gasteiger partial charge in [0.05, 0.1) is 10.9 Å². The van der Waals surface area contributed by atoms with Crippen LogP contribution < -0.4 is 5.73 Å². The van der Waals surface area contributed by atoms with Crippen molar-refractivity contribution in [1.82, 2.24) is 0 Å². The van der Waals surface area contributed by atoms with Gasteiger partial charge < -0.3 is 5.73 Å². The summed E-state index contributed by atoms with van der Waals surface area (Å²) in [6.45, 7) is 5.23. The average Bonchev–Trinajstić information content (AvgIpc) is 2.51. The van der Waals surface area contributed by atoms with Crippen LogP contribution in [0, 0.1) is 32.4 Å². The highest BCUT2D eigenvalue weighted by Crippen LogP contribution is 2.40. The van der Waals surface area contributed by atoms with E-state index in [0.29, 0.717) is 22.8 Å². The predicted molar refractivity (Wildman–Crippen MR) is 96.2 cm³/mol. The van der Waals surface area contributed by atoms with Crippen LogP contribution in [-0.4, -0.2) is 11.6 Å². The first kappa shape index (κ1) is 20.7. The monoisotopic (exact) mass is 389 g/mol. The van der Waals surface area contributed by atoms with E-state index in [2.05, 4.69) is 0 Å². The van der Waals surface area contributed by atoms with E-state index in [0.717, 1.165) is 17.3 Å². The van der Waals surface area contributed by atoms with E-state index < -0.39 is 34.3 Å². The van der Waals surface area contributed by atoms with Crippen molar-refractivity contribution in [2.45, 2.75) is 38.7 Å². The molecule has 0 aromatic heterocycles.